The maximum atomic E-state index is 12.4. The zero-order chi connectivity index (χ0) is 12.5. The van der Waals surface area contributed by atoms with Crippen molar-refractivity contribution in [2.24, 2.45) is 0 Å². The Bertz CT molecular complexity index is 475. The lowest BCUT2D eigenvalue weighted by Crippen LogP contribution is -2.38. The van der Waals surface area contributed by atoms with Crippen LogP contribution >= 0.6 is 11.3 Å². The van der Waals surface area contributed by atoms with Crippen LogP contribution in [0.3, 0.4) is 0 Å². The van der Waals surface area contributed by atoms with Gasteiger partial charge in [-0.2, -0.15) is 4.31 Å². The summed E-state index contributed by atoms with van der Waals surface area (Å²) in [6.07, 6.45) is 4.22. The lowest BCUT2D eigenvalue weighted by molar-refractivity contribution is 0.336. The van der Waals surface area contributed by atoms with Crippen molar-refractivity contribution in [1.82, 2.24) is 4.31 Å². The zero-order valence-corrected chi connectivity index (χ0v) is 11.6. The van der Waals surface area contributed by atoms with Gasteiger partial charge in [-0.3, -0.25) is 0 Å². The van der Waals surface area contributed by atoms with Crippen LogP contribution in [0.2, 0.25) is 0 Å². The number of sulfonamides is 1. The Morgan fingerprint density at radius 2 is 2.12 bits per heavy atom. The number of anilines is 1. The minimum absolute atomic E-state index is 0.174. The summed E-state index contributed by atoms with van der Waals surface area (Å²) in [5.74, 6) is 0. The van der Waals surface area contributed by atoms with E-state index in [4.69, 9.17) is 5.73 Å². The molecule has 0 radical (unpaired) electrons. The number of nitrogen functional groups attached to an aromatic ring is 1. The molecule has 1 aromatic rings. The molecule has 1 aliphatic rings. The Morgan fingerprint density at radius 1 is 1.47 bits per heavy atom. The van der Waals surface area contributed by atoms with Crippen LogP contribution in [-0.4, -0.2) is 25.3 Å². The summed E-state index contributed by atoms with van der Waals surface area (Å²) in [6.45, 7) is 2.43. The summed E-state index contributed by atoms with van der Waals surface area (Å²) >= 11 is 1.20. The zero-order valence-electron chi connectivity index (χ0n) is 9.93. The average molecular weight is 274 g/mol. The molecule has 2 rings (SSSR count). The van der Waals surface area contributed by atoms with Crippen molar-refractivity contribution in [1.29, 1.82) is 0 Å². The highest BCUT2D eigenvalue weighted by atomic mass is 32.2. The van der Waals surface area contributed by atoms with Gasteiger partial charge in [-0.15, -0.1) is 11.3 Å². The van der Waals surface area contributed by atoms with Crippen LogP contribution in [0.5, 0.6) is 0 Å². The molecule has 0 unspecified atom stereocenters. The van der Waals surface area contributed by atoms with Crippen molar-refractivity contribution in [2.75, 3.05) is 12.3 Å². The molecular formula is C11H18N2O2S2. The monoisotopic (exact) mass is 274 g/mol. The molecule has 0 bridgehead atoms. The first-order valence-corrected chi connectivity index (χ1v) is 8.23. The van der Waals surface area contributed by atoms with E-state index in [-0.39, 0.29) is 6.04 Å². The van der Waals surface area contributed by atoms with Crippen LogP contribution in [0.25, 0.3) is 0 Å². The van der Waals surface area contributed by atoms with E-state index >= 15 is 0 Å². The van der Waals surface area contributed by atoms with Gasteiger partial charge in [-0.05, 0) is 18.9 Å². The number of hydrogen-bond donors (Lipinski definition) is 1. The van der Waals surface area contributed by atoms with Gasteiger partial charge < -0.3 is 5.73 Å². The molecule has 4 nitrogen and oxygen atoms in total. The smallest absolute Gasteiger partial charge is 0.252 e. The first-order valence-electron chi connectivity index (χ1n) is 5.91. The van der Waals surface area contributed by atoms with Gasteiger partial charge in [0.2, 0.25) is 0 Å². The third-order valence-corrected chi connectivity index (χ3v) is 6.66. The molecule has 1 heterocycles. The maximum absolute atomic E-state index is 12.4. The molecule has 0 atom stereocenters. The third kappa shape index (κ3) is 2.48. The summed E-state index contributed by atoms with van der Waals surface area (Å²) in [4.78, 5) is 0. The SMILES string of the molecule is CCN(C1CCCC1)S(=O)(=O)c1cc(N)cs1. The van der Waals surface area contributed by atoms with Crippen molar-refractivity contribution in [3.8, 4) is 0 Å². The van der Waals surface area contributed by atoms with Crippen LogP contribution in [-0.2, 0) is 10.0 Å². The molecule has 96 valence electrons. The number of nitrogens with two attached hydrogens (primary N) is 1. The molecule has 0 aliphatic heterocycles. The second-order valence-electron chi connectivity index (χ2n) is 4.35. The van der Waals surface area contributed by atoms with Crippen molar-refractivity contribution < 1.29 is 8.42 Å². The van der Waals surface area contributed by atoms with Crippen LogP contribution in [0, 0.1) is 0 Å². The molecule has 1 aliphatic carbocycles. The molecule has 2 N–H and O–H groups in total. The van der Waals surface area contributed by atoms with Crippen LogP contribution in [0.15, 0.2) is 15.7 Å². The molecular weight excluding hydrogens is 256 g/mol. The molecule has 1 fully saturated rings. The first kappa shape index (κ1) is 12.9. The van der Waals surface area contributed by atoms with Crippen molar-refractivity contribution >= 4 is 27.0 Å². The fraction of sp³-hybridized carbons (Fsp3) is 0.636. The molecule has 0 amide bonds. The molecule has 0 saturated heterocycles. The Hall–Kier alpha value is -0.590. The molecule has 1 saturated carbocycles. The first-order chi connectivity index (χ1) is 8.05. The Balaban J connectivity index is 2.29. The fourth-order valence-electron chi connectivity index (χ4n) is 2.40. The largest absolute Gasteiger partial charge is 0.398 e. The highest BCUT2D eigenvalue weighted by molar-refractivity contribution is 7.91. The summed E-state index contributed by atoms with van der Waals surface area (Å²) in [5.41, 5.74) is 6.12. The standard InChI is InChI=1S/C11H18N2O2S2/c1-2-13(10-5-3-4-6-10)17(14,15)11-7-9(12)8-16-11/h7-8,10H,2-6,12H2,1H3. The predicted molar refractivity (Wildman–Crippen MR) is 70.6 cm³/mol. The summed E-state index contributed by atoms with van der Waals surface area (Å²) in [7, 11) is -3.34. The molecule has 1 aromatic heterocycles. The minimum atomic E-state index is -3.34. The molecule has 0 spiro atoms. The van der Waals surface area contributed by atoms with Crippen LogP contribution < -0.4 is 5.73 Å². The topological polar surface area (TPSA) is 63.4 Å². The predicted octanol–water partition coefficient (Wildman–Crippen LogP) is 2.28. The normalized spacial score (nSPS) is 18.0. The van der Waals surface area contributed by atoms with E-state index in [9.17, 15) is 8.42 Å². The average Bonchev–Trinajstić information content (AvgIpc) is 2.89. The Morgan fingerprint density at radius 3 is 2.59 bits per heavy atom. The highest BCUT2D eigenvalue weighted by Gasteiger charge is 2.32. The number of hydrogen-bond acceptors (Lipinski definition) is 4. The summed E-state index contributed by atoms with van der Waals surface area (Å²) in [6, 6.07) is 1.73. The van der Waals surface area contributed by atoms with Gasteiger partial charge >= 0.3 is 0 Å². The van der Waals surface area contributed by atoms with E-state index in [0.29, 0.717) is 16.4 Å². The molecule has 17 heavy (non-hydrogen) atoms. The number of rotatable bonds is 4. The summed E-state index contributed by atoms with van der Waals surface area (Å²) in [5, 5.41) is 1.68. The van der Waals surface area contributed by atoms with Gasteiger partial charge in [-0.1, -0.05) is 19.8 Å². The lowest BCUT2D eigenvalue weighted by atomic mass is 10.2. The molecule has 6 heteroatoms. The van der Waals surface area contributed by atoms with E-state index < -0.39 is 10.0 Å². The molecule has 0 aromatic carbocycles. The number of nitrogens with zero attached hydrogens (tertiary/aromatic N) is 1. The van der Waals surface area contributed by atoms with E-state index in [1.54, 1.807) is 15.8 Å². The number of thiophene rings is 1. The quantitative estimate of drug-likeness (QED) is 0.916. The van der Waals surface area contributed by atoms with Gasteiger partial charge in [0, 0.05) is 23.7 Å². The van der Waals surface area contributed by atoms with Gasteiger partial charge in [0.1, 0.15) is 4.21 Å². The summed E-state index contributed by atoms with van der Waals surface area (Å²) < 4.78 is 26.9. The van der Waals surface area contributed by atoms with E-state index in [1.165, 1.54) is 11.3 Å². The van der Waals surface area contributed by atoms with Crippen LogP contribution in [0.4, 0.5) is 5.69 Å². The second-order valence-corrected chi connectivity index (χ2v) is 7.37. The van der Waals surface area contributed by atoms with Crippen molar-refractivity contribution in [2.45, 2.75) is 42.9 Å². The Kier molecular flexibility index (Phi) is 3.75. The van der Waals surface area contributed by atoms with E-state index in [0.717, 1.165) is 25.7 Å². The maximum Gasteiger partial charge on any atom is 0.252 e. The highest BCUT2D eigenvalue weighted by Crippen LogP contribution is 2.31. The van der Waals surface area contributed by atoms with E-state index in [1.807, 2.05) is 6.92 Å². The van der Waals surface area contributed by atoms with Gasteiger partial charge in [0.15, 0.2) is 0 Å². The van der Waals surface area contributed by atoms with Crippen molar-refractivity contribution in [3.05, 3.63) is 11.4 Å². The third-order valence-electron chi connectivity index (χ3n) is 3.20. The van der Waals surface area contributed by atoms with Gasteiger partial charge in [0.25, 0.3) is 10.0 Å². The van der Waals surface area contributed by atoms with Crippen LogP contribution in [0.1, 0.15) is 32.6 Å². The van der Waals surface area contributed by atoms with E-state index in [2.05, 4.69) is 0 Å². The van der Waals surface area contributed by atoms with Gasteiger partial charge in [-0.25, -0.2) is 8.42 Å². The Labute approximate surface area is 106 Å². The van der Waals surface area contributed by atoms with Crippen molar-refractivity contribution in [3.63, 3.8) is 0 Å². The minimum Gasteiger partial charge on any atom is -0.398 e. The fourth-order valence-corrected chi connectivity index (χ4v) is 5.30. The second kappa shape index (κ2) is 4.96. The van der Waals surface area contributed by atoms with Gasteiger partial charge in [0.05, 0.1) is 0 Å². The lowest BCUT2D eigenvalue weighted by Gasteiger charge is -2.25.